The third-order valence-corrected chi connectivity index (χ3v) is 5.76. The Morgan fingerprint density at radius 3 is 2.55 bits per heavy atom. The van der Waals surface area contributed by atoms with Crippen LogP contribution < -0.4 is 15.7 Å². The number of hydroxylamine groups is 1. The number of nitrogens with zero attached hydrogens (tertiary/aromatic N) is 3. The first-order valence-electron chi connectivity index (χ1n) is 10.8. The quantitative estimate of drug-likeness (QED) is 0.119. The van der Waals surface area contributed by atoms with E-state index in [-0.39, 0.29) is 0 Å². The molecule has 1 amide bonds. The number of alkyl halides is 2. The van der Waals surface area contributed by atoms with Crippen molar-refractivity contribution in [3.63, 3.8) is 0 Å². The second-order valence-electron chi connectivity index (χ2n) is 7.60. The Morgan fingerprint density at radius 2 is 1.88 bits per heavy atom. The Hall–Kier alpha value is -2.58. The highest BCUT2D eigenvalue weighted by Gasteiger charge is 2.11. The van der Waals surface area contributed by atoms with Crippen LogP contribution in [0, 0.1) is 0 Å². The molecule has 0 aliphatic heterocycles. The van der Waals surface area contributed by atoms with Gasteiger partial charge >= 0.3 is 0 Å². The van der Waals surface area contributed by atoms with E-state index in [0.717, 1.165) is 54.2 Å². The lowest BCUT2D eigenvalue weighted by Gasteiger charge is -2.22. The molecule has 3 rings (SSSR count). The molecule has 0 aliphatic carbocycles. The molecule has 7 nitrogen and oxygen atoms in total. The van der Waals surface area contributed by atoms with Crippen molar-refractivity contribution in [3.05, 3.63) is 65.5 Å². The average Bonchev–Trinajstić information content (AvgIpc) is 3.15. The molecule has 9 heteroatoms. The number of amides is 1. The number of hydrogen-bond acceptors (Lipinski definition) is 5. The van der Waals surface area contributed by atoms with Gasteiger partial charge in [0.05, 0.1) is 17.6 Å². The van der Waals surface area contributed by atoms with Gasteiger partial charge in [-0.05, 0) is 48.4 Å². The zero-order valence-corrected chi connectivity index (χ0v) is 20.1. The minimum absolute atomic E-state index is 0.548. The molecule has 0 radical (unpaired) electrons. The number of rotatable bonds is 12. The second-order valence-corrected chi connectivity index (χ2v) is 8.36. The fourth-order valence-electron chi connectivity index (χ4n) is 3.60. The van der Waals surface area contributed by atoms with Crippen LogP contribution in [0.25, 0.3) is 17.1 Å². The predicted molar refractivity (Wildman–Crippen MR) is 135 cm³/mol. The number of nitrogens with one attached hydrogen (secondary N) is 2. The van der Waals surface area contributed by atoms with E-state index in [0.29, 0.717) is 18.3 Å². The SMILES string of the molecule is Cn1c(CNCCc2ccc(/C=C/C(=O)NO)cc2)nc2cc(N(CCCl)CCCl)ccc21. The van der Waals surface area contributed by atoms with E-state index >= 15 is 0 Å². The van der Waals surface area contributed by atoms with E-state index in [1.165, 1.54) is 11.6 Å². The summed E-state index contributed by atoms with van der Waals surface area (Å²) < 4.78 is 2.11. The highest BCUT2D eigenvalue weighted by molar-refractivity contribution is 6.18. The van der Waals surface area contributed by atoms with Crippen molar-refractivity contribution in [2.75, 3.05) is 36.3 Å². The molecule has 3 aromatic rings. The summed E-state index contributed by atoms with van der Waals surface area (Å²) in [5.74, 6) is 1.52. The number of carbonyl (C=O) groups is 1. The summed E-state index contributed by atoms with van der Waals surface area (Å²) in [6.45, 7) is 2.98. The molecular formula is C24H29Cl2N5O2. The van der Waals surface area contributed by atoms with Gasteiger partial charge in [-0.25, -0.2) is 10.5 Å². The highest BCUT2D eigenvalue weighted by atomic mass is 35.5. The standard InChI is InChI=1S/C24H29Cl2N5O2/c1-30-22-8-7-20(31(14-11-25)15-12-26)16-21(22)28-23(30)17-27-13-10-19-4-2-18(3-5-19)6-9-24(32)29-33/h2-9,16,27,33H,10-15,17H2,1H3,(H,29,32)/b9-6+. The zero-order chi connectivity index (χ0) is 23.6. The van der Waals surface area contributed by atoms with Crippen molar-refractivity contribution in [1.82, 2.24) is 20.3 Å². The molecule has 1 aromatic heterocycles. The van der Waals surface area contributed by atoms with Crippen molar-refractivity contribution in [2.45, 2.75) is 13.0 Å². The van der Waals surface area contributed by atoms with Crippen molar-refractivity contribution in [3.8, 4) is 0 Å². The van der Waals surface area contributed by atoms with Crippen molar-refractivity contribution in [1.29, 1.82) is 0 Å². The van der Waals surface area contributed by atoms with Gasteiger partial charge in [0.25, 0.3) is 5.91 Å². The van der Waals surface area contributed by atoms with E-state index < -0.39 is 5.91 Å². The van der Waals surface area contributed by atoms with Crippen molar-refractivity contribution < 1.29 is 10.0 Å². The number of fused-ring (bicyclic) bond motifs is 1. The Bertz CT molecular complexity index is 1080. The highest BCUT2D eigenvalue weighted by Crippen LogP contribution is 2.23. The van der Waals surface area contributed by atoms with Crippen LogP contribution in [-0.4, -0.2) is 52.1 Å². The average molecular weight is 490 g/mol. The molecule has 176 valence electrons. The van der Waals surface area contributed by atoms with E-state index in [1.54, 1.807) is 11.6 Å². The molecule has 1 heterocycles. The molecule has 0 unspecified atom stereocenters. The first-order valence-corrected chi connectivity index (χ1v) is 11.9. The lowest BCUT2D eigenvalue weighted by atomic mass is 10.1. The molecule has 0 spiro atoms. The molecule has 0 saturated heterocycles. The number of hydrogen-bond donors (Lipinski definition) is 3. The van der Waals surface area contributed by atoms with Crippen LogP contribution in [0.2, 0.25) is 0 Å². The Balaban J connectivity index is 1.56. The maximum atomic E-state index is 11.0. The van der Waals surface area contributed by atoms with Crippen LogP contribution in [0.15, 0.2) is 48.5 Å². The first-order chi connectivity index (χ1) is 16.0. The molecule has 0 bridgehead atoms. The Labute approximate surface area is 204 Å². The molecular weight excluding hydrogens is 461 g/mol. The summed E-state index contributed by atoms with van der Waals surface area (Å²) in [5.41, 5.74) is 6.79. The molecule has 2 aromatic carbocycles. The normalized spacial score (nSPS) is 11.4. The van der Waals surface area contributed by atoms with E-state index in [2.05, 4.69) is 33.0 Å². The first kappa shape index (κ1) is 25.1. The second kappa shape index (κ2) is 12.6. The van der Waals surface area contributed by atoms with Crippen LogP contribution in [-0.2, 0) is 24.8 Å². The number of aryl methyl sites for hydroxylation is 1. The lowest BCUT2D eigenvalue weighted by molar-refractivity contribution is -0.124. The molecule has 0 saturated carbocycles. The smallest absolute Gasteiger partial charge is 0.267 e. The summed E-state index contributed by atoms with van der Waals surface area (Å²) in [6, 6.07) is 14.2. The van der Waals surface area contributed by atoms with Gasteiger partial charge in [-0.15, -0.1) is 23.2 Å². The minimum Gasteiger partial charge on any atom is -0.369 e. The van der Waals surface area contributed by atoms with Gasteiger partial charge in [-0.2, -0.15) is 0 Å². The molecule has 0 aliphatic rings. The van der Waals surface area contributed by atoms with Crippen LogP contribution in [0.5, 0.6) is 0 Å². The number of benzene rings is 2. The van der Waals surface area contributed by atoms with Gasteiger partial charge in [0.1, 0.15) is 5.82 Å². The van der Waals surface area contributed by atoms with Crippen molar-refractivity contribution >= 4 is 51.9 Å². The monoisotopic (exact) mass is 489 g/mol. The third-order valence-electron chi connectivity index (χ3n) is 5.42. The number of aromatic nitrogens is 2. The van der Waals surface area contributed by atoms with Gasteiger partial charge in [-0.1, -0.05) is 24.3 Å². The van der Waals surface area contributed by atoms with Crippen LogP contribution >= 0.6 is 23.2 Å². The van der Waals surface area contributed by atoms with E-state index in [1.807, 2.05) is 31.3 Å². The fourth-order valence-corrected chi connectivity index (χ4v) is 4.01. The minimum atomic E-state index is -0.552. The van der Waals surface area contributed by atoms with Gasteiger partial charge in [0.2, 0.25) is 0 Å². The predicted octanol–water partition coefficient (Wildman–Crippen LogP) is 3.71. The van der Waals surface area contributed by atoms with E-state index in [4.69, 9.17) is 33.4 Å². The van der Waals surface area contributed by atoms with Gasteiger partial charge in [0.15, 0.2) is 0 Å². The number of anilines is 1. The maximum absolute atomic E-state index is 11.0. The number of halogens is 2. The Kier molecular flexibility index (Phi) is 9.57. The van der Waals surface area contributed by atoms with Gasteiger partial charge < -0.3 is 14.8 Å². The van der Waals surface area contributed by atoms with Gasteiger partial charge in [-0.3, -0.25) is 10.0 Å². The summed E-state index contributed by atoms with van der Waals surface area (Å²) >= 11 is 11.9. The summed E-state index contributed by atoms with van der Waals surface area (Å²) in [6.07, 6.45) is 3.81. The molecule has 3 N–H and O–H groups in total. The topological polar surface area (TPSA) is 82.4 Å². The fraction of sp³-hybridized carbons (Fsp3) is 0.333. The number of imidazole rings is 1. The van der Waals surface area contributed by atoms with Crippen molar-refractivity contribution in [2.24, 2.45) is 7.05 Å². The summed E-state index contributed by atoms with van der Waals surface area (Å²) in [4.78, 5) is 18.0. The lowest BCUT2D eigenvalue weighted by Crippen LogP contribution is -2.27. The summed E-state index contributed by atoms with van der Waals surface area (Å²) in [7, 11) is 2.03. The summed E-state index contributed by atoms with van der Waals surface area (Å²) in [5, 5.41) is 12.0. The zero-order valence-electron chi connectivity index (χ0n) is 18.6. The molecule has 33 heavy (non-hydrogen) atoms. The van der Waals surface area contributed by atoms with Crippen LogP contribution in [0.4, 0.5) is 5.69 Å². The Morgan fingerprint density at radius 1 is 1.15 bits per heavy atom. The van der Waals surface area contributed by atoms with Gasteiger partial charge in [0, 0.05) is 43.7 Å². The maximum Gasteiger partial charge on any atom is 0.267 e. The number of carbonyl (C=O) groups excluding carboxylic acids is 1. The molecule has 0 fully saturated rings. The van der Waals surface area contributed by atoms with E-state index in [9.17, 15) is 4.79 Å². The third kappa shape index (κ3) is 6.95. The van der Waals surface area contributed by atoms with Crippen LogP contribution in [0.1, 0.15) is 17.0 Å². The van der Waals surface area contributed by atoms with Crippen LogP contribution in [0.3, 0.4) is 0 Å². The molecule has 0 atom stereocenters. The largest absolute Gasteiger partial charge is 0.369 e.